The Labute approximate surface area is 103 Å². The zero-order valence-corrected chi connectivity index (χ0v) is 10.5. The van der Waals surface area contributed by atoms with Gasteiger partial charge in [0.25, 0.3) is 0 Å². The topological polar surface area (TPSA) is 41.6 Å². The molecule has 1 fully saturated rings. The van der Waals surface area contributed by atoms with Crippen molar-refractivity contribution in [3.63, 3.8) is 0 Å². The van der Waals surface area contributed by atoms with Crippen LogP contribution in [-0.4, -0.2) is 23.9 Å². The number of guanidine groups is 1. The van der Waals surface area contributed by atoms with Crippen molar-refractivity contribution in [2.75, 3.05) is 13.1 Å². The van der Waals surface area contributed by atoms with Crippen molar-refractivity contribution in [3.8, 4) is 0 Å². The third-order valence-electron chi connectivity index (χ3n) is 3.41. The standard InChI is InChI=1S/C14H21N3/c1-2-17(11-12-7-6-8-12)14(15)16-13-9-4-3-5-10-13/h3-5,9-10,12H,2,6-8,11H2,1H3,(H2,15,16). The third-order valence-corrected chi connectivity index (χ3v) is 3.41. The molecule has 0 amide bonds. The van der Waals surface area contributed by atoms with Crippen LogP contribution in [-0.2, 0) is 0 Å². The molecule has 1 aliphatic rings. The Bertz CT molecular complexity index is 368. The van der Waals surface area contributed by atoms with Crippen LogP contribution in [0, 0.1) is 5.92 Å². The molecule has 2 rings (SSSR count). The summed E-state index contributed by atoms with van der Waals surface area (Å²) in [6, 6.07) is 9.90. The Hall–Kier alpha value is -1.51. The summed E-state index contributed by atoms with van der Waals surface area (Å²) in [7, 11) is 0. The van der Waals surface area contributed by atoms with Crippen molar-refractivity contribution in [2.24, 2.45) is 16.6 Å². The van der Waals surface area contributed by atoms with Gasteiger partial charge in [0.05, 0.1) is 5.69 Å². The van der Waals surface area contributed by atoms with Gasteiger partial charge in [0.1, 0.15) is 0 Å². The molecule has 2 N–H and O–H groups in total. The molecule has 0 bridgehead atoms. The molecule has 1 aliphatic carbocycles. The van der Waals surface area contributed by atoms with Gasteiger partial charge >= 0.3 is 0 Å². The molecule has 92 valence electrons. The van der Waals surface area contributed by atoms with Crippen LogP contribution in [0.1, 0.15) is 26.2 Å². The van der Waals surface area contributed by atoms with E-state index in [1.807, 2.05) is 30.3 Å². The van der Waals surface area contributed by atoms with Gasteiger partial charge in [-0.2, -0.15) is 0 Å². The van der Waals surface area contributed by atoms with E-state index in [0.29, 0.717) is 5.96 Å². The third kappa shape index (κ3) is 3.22. The highest BCUT2D eigenvalue weighted by Crippen LogP contribution is 2.27. The number of hydrogen-bond acceptors (Lipinski definition) is 1. The lowest BCUT2D eigenvalue weighted by atomic mass is 9.85. The van der Waals surface area contributed by atoms with Gasteiger partial charge in [0, 0.05) is 13.1 Å². The molecule has 0 radical (unpaired) electrons. The first-order valence-electron chi connectivity index (χ1n) is 6.43. The number of nitrogens with zero attached hydrogens (tertiary/aromatic N) is 2. The average Bonchev–Trinajstić information content (AvgIpc) is 2.29. The highest BCUT2D eigenvalue weighted by atomic mass is 15.2. The summed E-state index contributed by atoms with van der Waals surface area (Å²) in [5, 5.41) is 0. The number of benzene rings is 1. The second-order valence-corrected chi connectivity index (χ2v) is 4.64. The maximum absolute atomic E-state index is 6.06. The fourth-order valence-electron chi connectivity index (χ4n) is 2.08. The number of para-hydroxylation sites is 1. The Morgan fingerprint density at radius 1 is 1.35 bits per heavy atom. The maximum Gasteiger partial charge on any atom is 0.196 e. The summed E-state index contributed by atoms with van der Waals surface area (Å²) in [5.74, 6) is 1.46. The van der Waals surface area contributed by atoms with E-state index in [9.17, 15) is 0 Å². The van der Waals surface area contributed by atoms with Gasteiger partial charge in [-0.1, -0.05) is 24.6 Å². The minimum Gasteiger partial charge on any atom is -0.369 e. The van der Waals surface area contributed by atoms with E-state index in [1.54, 1.807) is 0 Å². The van der Waals surface area contributed by atoms with Crippen molar-refractivity contribution in [1.29, 1.82) is 0 Å². The molecular formula is C14H21N3. The molecule has 0 unspecified atom stereocenters. The quantitative estimate of drug-likeness (QED) is 0.639. The molecule has 0 spiro atoms. The van der Waals surface area contributed by atoms with Crippen LogP contribution in [0.5, 0.6) is 0 Å². The number of hydrogen-bond donors (Lipinski definition) is 1. The van der Waals surface area contributed by atoms with Crippen molar-refractivity contribution in [2.45, 2.75) is 26.2 Å². The maximum atomic E-state index is 6.06. The van der Waals surface area contributed by atoms with Gasteiger partial charge < -0.3 is 10.6 Å². The molecule has 3 nitrogen and oxygen atoms in total. The van der Waals surface area contributed by atoms with Crippen LogP contribution in [0.3, 0.4) is 0 Å². The molecule has 0 atom stereocenters. The van der Waals surface area contributed by atoms with Gasteiger partial charge in [-0.15, -0.1) is 0 Å². The average molecular weight is 231 g/mol. The molecule has 1 aromatic carbocycles. The lowest BCUT2D eigenvalue weighted by molar-refractivity contribution is 0.243. The largest absolute Gasteiger partial charge is 0.369 e. The summed E-state index contributed by atoms with van der Waals surface area (Å²) in [6.45, 7) is 4.11. The minimum atomic E-state index is 0.644. The van der Waals surface area contributed by atoms with E-state index in [1.165, 1.54) is 19.3 Å². The van der Waals surface area contributed by atoms with Gasteiger partial charge in [0.15, 0.2) is 5.96 Å². The van der Waals surface area contributed by atoms with E-state index >= 15 is 0 Å². The number of aliphatic imine (C=N–C) groups is 1. The van der Waals surface area contributed by atoms with Crippen LogP contribution in [0.2, 0.25) is 0 Å². The molecule has 17 heavy (non-hydrogen) atoms. The zero-order valence-electron chi connectivity index (χ0n) is 10.5. The van der Waals surface area contributed by atoms with Gasteiger partial charge in [-0.3, -0.25) is 0 Å². The predicted octanol–water partition coefficient (Wildman–Crippen LogP) is 2.75. The number of rotatable bonds is 4. The molecule has 0 aromatic heterocycles. The van der Waals surface area contributed by atoms with Crippen LogP contribution < -0.4 is 5.73 Å². The minimum absolute atomic E-state index is 0.644. The molecule has 0 heterocycles. The second kappa shape index (κ2) is 5.71. The molecular weight excluding hydrogens is 210 g/mol. The van der Waals surface area contributed by atoms with Crippen LogP contribution in [0.25, 0.3) is 0 Å². The van der Waals surface area contributed by atoms with E-state index in [2.05, 4.69) is 16.8 Å². The van der Waals surface area contributed by atoms with Crippen molar-refractivity contribution >= 4 is 11.6 Å². The summed E-state index contributed by atoms with van der Waals surface area (Å²) >= 11 is 0. The van der Waals surface area contributed by atoms with E-state index in [0.717, 1.165) is 24.7 Å². The number of nitrogens with two attached hydrogens (primary N) is 1. The first-order valence-corrected chi connectivity index (χ1v) is 6.43. The summed E-state index contributed by atoms with van der Waals surface area (Å²) in [4.78, 5) is 6.64. The Morgan fingerprint density at radius 2 is 2.06 bits per heavy atom. The fourth-order valence-corrected chi connectivity index (χ4v) is 2.08. The molecule has 0 saturated heterocycles. The normalized spacial score (nSPS) is 16.6. The Balaban J connectivity index is 2.00. The van der Waals surface area contributed by atoms with E-state index in [-0.39, 0.29) is 0 Å². The van der Waals surface area contributed by atoms with E-state index < -0.39 is 0 Å². The van der Waals surface area contributed by atoms with E-state index in [4.69, 9.17) is 5.73 Å². The van der Waals surface area contributed by atoms with Gasteiger partial charge in [0.2, 0.25) is 0 Å². The smallest absolute Gasteiger partial charge is 0.196 e. The van der Waals surface area contributed by atoms with Crippen LogP contribution in [0.15, 0.2) is 35.3 Å². The zero-order chi connectivity index (χ0) is 12.1. The summed E-state index contributed by atoms with van der Waals surface area (Å²) < 4.78 is 0. The second-order valence-electron chi connectivity index (χ2n) is 4.64. The summed E-state index contributed by atoms with van der Waals surface area (Å²) in [5.41, 5.74) is 6.99. The molecule has 3 heteroatoms. The Kier molecular flexibility index (Phi) is 4.02. The first-order chi connectivity index (χ1) is 8.29. The predicted molar refractivity (Wildman–Crippen MR) is 72.3 cm³/mol. The van der Waals surface area contributed by atoms with Crippen molar-refractivity contribution < 1.29 is 0 Å². The lowest BCUT2D eigenvalue weighted by Crippen LogP contribution is -2.41. The van der Waals surface area contributed by atoms with Crippen LogP contribution >= 0.6 is 0 Å². The van der Waals surface area contributed by atoms with Gasteiger partial charge in [-0.05, 0) is 37.8 Å². The lowest BCUT2D eigenvalue weighted by Gasteiger charge is -2.32. The summed E-state index contributed by atoms with van der Waals surface area (Å²) in [6.07, 6.45) is 4.06. The molecule has 0 aliphatic heterocycles. The fraction of sp³-hybridized carbons (Fsp3) is 0.500. The SMILES string of the molecule is CCN(CC1CCC1)C(N)=Nc1ccccc1. The Morgan fingerprint density at radius 3 is 2.59 bits per heavy atom. The molecule has 1 saturated carbocycles. The van der Waals surface area contributed by atoms with Gasteiger partial charge in [-0.25, -0.2) is 4.99 Å². The highest BCUT2D eigenvalue weighted by Gasteiger charge is 2.20. The van der Waals surface area contributed by atoms with Crippen LogP contribution in [0.4, 0.5) is 5.69 Å². The van der Waals surface area contributed by atoms with Crippen molar-refractivity contribution in [1.82, 2.24) is 4.90 Å². The monoisotopic (exact) mass is 231 g/mol. The highest BCUT2D eigenvalue weighted by molar-refractivity contribution is 5.81. The molecule has 1 aromatic rings. The first kappa shape index (κ1) is 12.0. The van der Waals surface area contributed by atoms with Crippen molar-refractivity contribution in [3.05, 3.63) is 30.3 Å².